The number of carbonyl (C=O) groups is 2. The van der Waals surface area contributed by atoms with E-state index in [0.29, 0.717) is 26.1 Å². The van der Waals surface area contributed by atoms with Crippen LogP contribution in [0.1, 0.15) is 12.0 Å². The van der Waals surface area contributed by atoms with Crippen molar-refractivity contribution >= 4 is 11.8 Å². The lowest BCUT2D eigenvalue weighted by atomic mass is 10.1. The number of nitrogens with zero attached hydrogens (tertiary/aromatic N) is 1. The lowest BCUT2D eigenvalue weighted by molar-refractivity contribution is -0.906. The summed E-state index contributed by atoms with van der Waals surface area (Å²) in [6.07, 6.45) is 0.298. The number of methoxy groups -OCH3 is 1. The first kappa shape index (κ1) is 18.7. The molecule has 0 saturated carbocycles. The summed E-state index contributed by atoms with van der Waals surface area (Å²) >= 11 is 0. The second kappa shape index (κ2) is 9.00. The van der Waals surface area contributed by atoms with E-state index in [1.54, 1.807) is 12.0 Å². The molecule has 3 rings (SSSR count). The Bertz CT molecular complexity index is 614. The molecular weight excluding hydrogens is 334 g/mol. The van der Waals surface area contributed by atoms with E-state index >= 15 is 0 Å². The topological polar surface area (TPSA) is 72.3 Å². The number of rotatable bonds is 7. The predicted octanol–water partition coefficient (Wildman–Crippen LogP) is -0.925. The molecule has 2 saturated heterocycles. The van der Waals surface area contributed by atoms with Crippen molar-refractivity contribution in [3.05, 3.63) is 29.8 Å². The molecule has 2 heterocycles. The largest absolute Gasteiger partial charge is 0.497 e. The van der Waals surface area contributed by atoms with Crippen molar-refractivity contribution in [2.75, 3.05) is 53.0 Å². The van der Waals surface area contributed by atoms with Crippen LogP contribution in [0.2, 0.25) is 0 Å². The van der Waals surface area contributed by atoms with Gasteiger partial charge in [-0.3, -0.25) is 9.59 Å². The second-order valence-corrected chi connectivity index (χ2v) is 6.93. The number of nitrogens with one attached hydrogen (secondary N) is 2. The number of likely N-dealkylation sites (tertiary alicyclic amines) is 1. The normalized spacial score (nSPS) is 21.0. The van der Waals surface area contributed by atoms with Crippen LogP contribution in [0.25, 0.3) is 0 Å². The third-order valence-corrected chi connectivity index (χ3v) is 5.10. The Morgan fingerprint density at radius 3 is 2.73 bits per heavy atom. The van der Waals surface area contributed by atoms with Gasteiger partial charge in [0.1, 0.15) is 18.8 Å². The Labute approximate surface area is 154 Å². The van der Waals surface area contributed by atoms with E-state index in [1.165, 1.54) is 4.90 Å². The van der Waals surface area contributed by atoms with Crippen LogP contribution in [0.4, 0.5) is 0 Å². The number of carbonyl (C=O) groups excluding carboxylic acids is 2. The number of quaternary nitrogens is 1. The van der Waals surface area contributed by atoms with E-state index in [2.05, 4.69) is 5.32 Å². The van der Waals surface area contributed by atoms with E-state index in [4.69, 9.17) is 9.47 Å². The summed E-state index contributed by atoms with van der Waals surface area (Å²) in [6, 6.07) is 7.66. The van der Waals surface area contributed by atoms with Crippen LogP contribution in [0.15, 0.2) is 24.3 Å². The minimum atomic E-state index is -0.250. The van der Waals surface area contributed by atoms with Crippen LogP contribution in [0.3, 0.4) is 0 Å². The molecule has 1 atom stereocenters. The summed E-state index contributed by atoms with van der Waals surface area (Å²) in [5.74, 6) is 0.574. The van der Waals surface area contributed by atoms with Gasteiger partial charge >= 0.3 is 0 Å². The Morgan fingerprint density at radius 1 is 1.31 bits per heavy atom. The van der Waals surface area contributed by atoms with E-state index in [1.807, 2.05) is 24.3 Å². The van der Waals surface area contributed by atoms with Crippen LogP contribution in [0.5, 0.6) is 5.75 Å². The van der Waals surface area contributed by atoms with E-state index in [0.717, 1.165) is 44.2 Å². The summed E-state index contributed by atoms with van der Waals surface area (Å²) in [4.78, 5) is 27.8. The lowest BCUT2D eigenvalue weighted by Crippen LogP contribution is -3.14. The zero-order valence-electron chi connectivity index (χ0n) is 15.3. The SMILES string of the molecule is COc1ccc(CN2CC(C(=O)NCC[NH+]3CCOCC3)CC2=O)cc1. The molecule has 0 aromatic heterocycles. The monoisotopic (exact) mass is 362 g/mol. The Balaban J connectivity index is 1.43. The fraction of sp³-hybridized carbons (Fsp3) is 0.579. The maximum Gasteiger partial charge on any atom is 0.225 e. The van der Waals surface area contributed by atoms with E-state index < -0.39 is 0 Å². The van der Waals surface area contributed by atoms with Crippen LogP contribution >= 0.6 is 0 Å². The van der Waals surface area contributed by atoms with Gasteiger partial charge in [-0.2, -0.15) is 0 Å². The van der Waals surface area contributed by atoms with Gasteiger partial charge < -0.3 is 24.6 Å². The van der Waals surface area contributed by atoms with Crippen LogP contribution in [-0.2, 0) is 20.9 Å². The molecule has 2 aliphatic rings. The Morgan fingerprint density at radius 2 is 2.04 bits per heavy atom. The number of benzene rings is 1. The summed E-state index contributed by atoms with van der Waals surface area (Å²) < 4.78 is 10.5. The first-order valence-corrected chi connectivity index (χ1v) is 9.25. The van der Waals surface area contributed by atoms with Crippen LogP contribution in [-0.4, -0.2) is 69.8 Å². The average Bonchev–Trinajstić information content (AvgIpc) is 3.04. The van der Waals surface area contributed by atoms with Crippen molar-refractivity contribution < 1.29 is 24.0 Å². The second-order valence-electron chi connectivity index (χ2n) is 6.93. The highest BCUT2D eigenvalue weighted by Gasteiger charge is 2.34. The molecule has 0 aliphatic carbocycles. The number of hydrogen-bond acceptors (Lipinski definition) is 4. The van der Waals surface area contributed by atoms with Gasteiger partial charge in [0.05, 0.1) is 39.3 Å². The highest BCUT2D eigenvalue weighted by atomic mass is 16.5. The maximum atomic E-state index is 12.4. The zero-order chi connectivity index (χ0) is 18.4. The molecule has 26 heavy (non-hydrogen) atoms. The third kappa shape index (κ3) is 4.95. The van der Waals surface area contributed by atoms with Gasteiger partial charge in [0, 0.05) is 19.5 Å². The summed E-state index contributed by atoms with van der Waals surface area (Å²) in [5, 5.41) is 3.00. The third-order valence-electron chi connectivity index (χ3n) is 5.10. The highest BCUT2D eigenvalue weighted by molar-refractivity contribution is 5.89. The molecule has 0 spiro atoms. The van der Waals surface area contributed by atoms with E-state index in [-0.39, 0.29) is 17.7 Å². The fourth-order valence-corrected chi connectivity index (χ4v) is 3.47. The molecule has 0 bridgehead atoms. The van der Waals surface area contributed by atoms with Crippen molar-refractivity contribution in [3.8, 4) is 5.75 Å². The first-order chi connectivity index (χ1) is 12.7. The molecule has 2 amide bonds. The van der Waals surface area contributed by atoms with Crippen molar-refractivity contribution in [1.29, 1.82) is 0 Å². The molecule has 7 nitrogen and oxygen atoms in total. The number of ether oxygens (including phenoxy) is 2. The Hall–Kier alpha value is -2.12. The standard InChI is InChI=1S/C19H27N3O4/c1-25-17-4-2-15(3-5-17)13-22-14-16(12-18(22)23)19(24)20-6-7-21-8-10-26-11-9-21/h2-5,16H,6-14H2,1H3,(H,20,24)/p+1. The summed E-state index contributed by atoms with van der Waals surface area (Å²) in [6.45, 7) is 6.15. The molecular formula is C19H28N3O4+. The minimum absolute atomic E-state index is 0.0109. The highest BCUT2D eigenvalue weighted by Crippen LogP contribution is 2.21. The predicted molar refractivity (Wildman–Crippen MR) is 95.9 cm³/mol. The van der Waals surface area contributed by atoms with Gasteiger partial charge in [-0.25, -0.2) is 0 Å². The number of hydrogen-bond donors (Lipinski definition) is 2. The average molecular weight is 362 g/mol. The number of morpholine rings is 1. The van der Waals surface area contributed by atoms with Crippen molar-refractivity contribution in [1.82, 2.24) is 10.2 Å². The molecule has 2 aliphatic heterocycles. The smallest absolute Gasteiger partial charge is 0.225 e. The molecule has 2 N–H and O–H groups in total. The molecule has 1 aromatic carbocycles. The maximum absolute atomic E-state index is 12.4. The van der Waals surface area contributed by atoms with Crippen molar-refractivity contribution in [2.24, 2.45) is 5.92 Å². The van der Waals surface area contributed by atoms with Gasteiger partial charge in [0.15, 0.2) is 0 Å². The van der Waals surface area contributed by atoms with Gasteiger partial charge in [-0.1, -0.05) is 12.1 Å². The molecule has 7 heteroatoms. The summed E-state index contributed by atoms with van der Waals surface area (Å²) in [5.41, 5.74) is 1.04. The first-order valence-electron chi connectivity index (χ1n) is 9.25. The van der Waals surface area contributed by atoms with Crippen molar-refractivity contribution in [3.63, 3.8) is 0 Å². The summed E-state index contributed by atoms with van der Waals surface area (Å²) in [7, 11) is 1.63. The molecule has 2 fully saturated rings. The van der Waals surface area contributed by atoms with Crippen LogP contribution < -0.4 is 15.0 Å². The van der Waals surface area contributed by atoms with Crippen LogP contribution in [0, 0.1) is 5.92 Å². The van der Waals surface area contributed by atoms with Gasteiger partial charge in [0.25, 0.3) is 0 Å². The Kier molecular flexibility index (Phi) is 6.46. The van der Waals surface area contributed by atoms with Gasteiger partial charge in [-0.15, -0.1) is 0 Å². The molecule has 1 aromatic rings. The quantitative estimate of drug-likeness (QED) is 0.658. The van der Waals surface area contributed by atoms with E-state index in [9.17, 15) is 9.59 Å². The van der Waals surface area contributed by atoms with Gasteiger partial charge in [-0.05, 0) is 17.7 Å². The molecule has 1 unspecified atom stereocenters. The minimum Gasteiger partial charge on any atom is -0.497 e. The zero-order valence-corrected chi connectivity index (χ0v) is 15.3. The fourth-order valence-electron chi connectivity index (χ4n) is 3.47. The molecule has 0 radical (unpaired) electrons. The van der Waals surface area contributed by atoms with Crippen molar-refractivity contribution in [2.45, 2.75) is 13.0 Å². The number of amides is 2. The van der Waals surface area contributed by atoms with Gasteiger partial charge in [0.2, 0.25) is 11.8 Å². The lowest BCUT2D eigenvalue weighted by Gasteiger charge is -2.24. The molecule has 142 valence electrons.